The van der Waals surface area contributed by atoms with Gasteiger partial charge in [-0.3, -0.25) is 4.79 Å². The van der Waals surface area contributed by atoms with Crippen molar-refractivity contribution in [3.63, 3.8) is 0 Å². The van der Waals surface area contributed by atoms with Crippen molar-refractivity contribution in [2.75, 3.05) is 31.8 Å². The molecule has 2 aromatic carbocycles. The molecule has 3 rings (SSSR count). The molecule has 1 aliphatic heterocycles. The summed E-state index contributed by atoms with van der Waals surface area (Å²) in [5, 5.41) is 28.3. The van der Waals surface area contributed by atoms with Crippen molar-refractivity contribution in [3.05, 3.63) is 47.5 Å². The van der Waals surface area contributed by atoms with Crippen LogP contribution in [0.4, 0.5) is 17.1 Å². The third-order valence-electron chi connectivity index (χ3n) is 4.37. The van der Waals surface area contributed by atoms with Gasteiger partial charge in [-0.15, -0.1) is 0 Å². The minimum Gasteiger partial charge on any atom is -0.496 e. The molecule has 0 bridgehead atoms. The lowest BCUT2D eigenvalue weighted by Gasteiger charge is -2.29. The fourth-order valence-corrected chi connectivity index (χ4v) is 2.88. The zero-order chi connectivity index (χ0) is 19.6. The third-order valence-corrected chi connectivity index (χ3v) is 4.37. The van der Waals surface area contributed by atoms with Crippen LogP contribution in [-0.4, -0.2) is 48.6 Å². The van der Waals surface area contributed by atoms with E-state index in [0.29, 0.717) is 17.0 Å². The Hall–Kier alpha value is -2.81. The zero-order valence-corrected chi connectivity index (χ0v) is 15.5. The summed E-state index contributed by atoms with van der Waals surface area (Å²) >= 11 is 0. The molecule has 1 heterocycles. The maximum Gasteiger partial charge on any atom is 0.226 e. The monoisotopic (exact) mass is 372 g/mol. The number of nitrogens with one attached hydrogen (secondary N) is 3. The van der Waals surface area contributed by atoms with Crippen molar-refractivity contribution in [2.45, 2.75) is 19.0 Å². The van der Waals surface area contributed by atoms with Gasteiger partial charge in [-0.05, 0) is 24.3 Å². The van der Waals surface area contributed by atoms with Crippen LogP contribution in [0.15, 0.2) is 36.4 Å². The van der Waals surface area contributed by atoms with E-state index in [4.69, 9.17) is 4.74 Å². The summed E-state index contributed by atoms with van der Waals surface area (Å²) in [4.78, 5) is 13.5. The van der Waals surface area contributed by atoms with Crippen LogP contribution < -0.4 is 20.7 Å². The first-order chi connectivity index (χ1) is 12.9. The Morgan fingerprint density at radius 2 is 1.89 bits per heavy atom. The second-order valence-electron chi connectivity index (χ2n) is 6.53. The van der Waals surface area contributed by atoms with Crippen LogP contribution in [0.3, 0.4) is 0 Å². The lowest BCUT2D eigenvalue weighted by molar-refractivity contribution is -0.127. The number of hydrogen-bond donors (Lipinski definition) is 5. The molecule has 8 nitrogen and oxygen atoms in total. The molecule has 27 heavy (non-hydrogen) atoms. The predicted molar refractivity (Wildman–Crippen MR) is 103 cm³/mol. The Morgan fingerprint density at radius 1 is 1.19 bits per heavy atom. The number of carbonyl (C=O) groups is 1. The lowest BCUT2D eigenvalue weighted by atomic mass is 10.1. The minimum absolute atomic E-state index is 0.000119. The van der Waals surface area contributed by atoms with Gasteiger partial charge >= 0.3 is 0 Å². The quantitative estimate of drug-likeness (QED) is 0.539. The van der Waals surface area contributed by atoms with Crippen molar-refractivity contribution in [1.29, 1.82) is 0 Å². The van der Waals surface area contributed by atoms with E-state index in [1.165, 1.54) is 0 Å². The summed E-state index contributed by atoms with van der Waals surface area (Å²) in [6.07, 6.45) is -1.69. The van der Waals surface area contributed by atoms with E-state index < -0.39 is 12.6 Å². The highest BCUT2D eigenvalue weighted by atomic mass is 16.5. The normalized spacial score (nSPS) is 18.3. The molecule has 2 aromatic rings. The van der Waals surface area contributed by atoms with Gasteiger partial charge in [0.15, 0.2) is 6.35 Å². The summed E-state index contributed by atoms with van der Waals surface area (Å²) < 4.78 is 5.43. The number of benzene rings is 2. The number of likely N-dealkylation sites (N-methyl/N-ethyl adjacent to an activating group) is 1. The second kappa shape index (κ2) is 7.83. The molecule has 2 unspecified atom stereocenters. The number of nitrogens with zero attached hydrogens (tertiary/aromatic N) is 1. The molecule has 0 radical (unpaired) electrons. The Kier molecular flexibility index (Phi) is 5.50. The topological polar surface area (TPSA) is 106 Å². The predicted octanol–water partition coefficient (Wildman–Crippen LogP) is 1.35. The largest absolute Gasteiger partial charge is 0.496 e. The standard InChI is InChI=1S/C19H24N4O4/c1-23(2)17(24)8-11-4-5-13(10-16(11)27-3)20-12-6-7-15-14(9-12)18(25)22-19(26)21-15/h4-7,9-10,18-22,25-26H,8H2,1-3H3. The maximum atomic E-state index is 11.9. The number of ether oxygens (including phenoxy) is 1. The van der Waals surface area contributed by atoms with Crippen LogP contribution in [0.5, 0.6) is 5.75 Å². The first kappa shape index (κ1) is 19.0. The molecule has 0 aliphatic carbocycles. The third kappa shape index (κ3) is 4.30. The first-order valence-electron chi connectivity index (χ1n) is 8.54. The van der Waals surface area contributed by atoms with Crippen LogP contribution in [0.25, 0.3) is 0 Å². The number of anilines is 3. The zero-order valence-electron chi connectivity index (χ0n) is 15.5. The minimum atomic E-state index is -0.993. The molecule has 2 atom stereocenters. The number of amides is 1. The van der Waals surface area contributed by atoms with Gasteiger partial charge in [0, 0.05) is 48.4 Å². The van der Waals surface area contributed by atoms with Gasteiger partial charge in [0.1, 0.15) is 12.0 Å². The lowest BCUT2D eigenvalue weighted by Crippen LogP contribution is -2.42. The van der Waals surface area contributed by atoms with Gasteiger partial charge in [-0.25, -0.2) is 5.32 Å². The van der Waals surface area contributed by atoms with Gasteiger partial charge in [-0.1, -0.05) is 6.07 Å². The van der Waals surface area contributed by atoms with E-state index in [-0.39, 0.29) is 12.3 Å². The first-order valence-corrected chi connectivity index (χ1v) is 8.54. The number of aliphatic hydroxyl groups excluding tert-OH is 2. The second-order valence-corrected chi connectivity index (χ2v) is 6.53. The molecule has 0 saturated heterocycles. The average molecular weight is 372 g/mol. The smallest absolute Gasteiger partial charge is 0.226 e. The number of aliphatic hydroxyl groups is 2. The highest BCUT2D eigenvalue weighted by Gasteiger charge is 2.22. The summed E-state index contributed by atoms with van der Waals surface area (Å²) in [6, 6.07) is 11.0. The van der Waals surface area contributed by atoms with Gasteiger partial charge in [0.2, 0.25) is 5.91 Å². The molecule has 0 spiro atoms. The highest BCUT2D eigenvalue weighted by molar-refractivity contribution is 5.79. The summed E-state index contributed by atoms with van der Waals surface area (Å²) in [5.74, 6) is 0.625. The van der Waals surface area contributed by atoms with Gasteiger partial charge in [-0.2, -0.15) is 0 Å². The van der Waals surface area contributed by atoms with E-state index >= 15 is 0 Å². The van der Waals surface area contributed by atoms with E-state index in [9.17, 15) is 15.0 Å². The molecule has 0 aromatic heterocycles. The number of rotatable bonds is 5. The molecule has 0 fully saturated rings. The molecule has 144 valence electrons. The van der Waals surface area contributed by atoms with Crippen molar-refractivity contribution < 1.29 is 19.7 Å². The summed E-state index contributed by atoms with van der Waals surface area (Å²) in [5.41, 5.74) is 3.66. The number of fused-ring (bicyclic) bond motifs is 1. The number of carbonyl (C=O) groups excluding carboxylic acids is 1. The van der Waals surface area contributed by atoms with Gasteiger partial charge in [0.25, 0.3) is 0 Å². The molecular weight excluding hydrogens is 348 g/mol. The fraction of sp³-hybridized carbons (Fsp3) is 0.316. The van der Waals surface area contributed by atoms with Gasteiger partial charge in [0.05, 0.1) is 13.5 Å². The van der Waals surface area contributed by atoms with E-state index in [2.05, 4.69) is 16.0 Å². The maximum absolute atomic E-state index is 11.9. The fourth-order valence-electron chi connectivity index (χ4n) is 2.88. The molecule has 1 aliphatic rings. The Morgan fingerprint density at radius 3 is 2.59 bits per heavy atom. The summed E-state index contributed by atoms with van der Waals surface area (Å²) in [6.45, 7) is 0. The molecule has 1 amide bonds. The van der Waals surface area contributed by atoms with Crippen molar-refractivity contribution >= 4 is 23.0 Å². The SMILES string of the molecule is COc1cc(Nc2ccc3c(c2)C(O)NC(O)N3)ccc1CC(=O)N(C)C. The molecule has 0 saturated carbocycles. The van der Waals surface area contributed by atoms with E-state index in [1.54, 1.807) is 38.2 Å². The van der Waals surface area contributed by atoms with Gasteiger partial charge < -0.3 is 30.5 Å². The highest BCUT2D eigenvalue weighted by Crippen LogP contribution is 2.31. The molecule has 8 heteroatoms. The van der Waals surface area contributed by atoms with Crippen molar-refractivity contribution in [2.24, 2.45) is 0 Å². The Bertz CT molecular complexity index is 840. The molecule has 5 N–H and O–H groups in total. The van der Waals surface area contributed by atoms with Crippen LogP contribution >= 0.6 is 0 Å². The van der Waals surface area contributed by atoms with Crippen LogP contribution in [-0.2, 0) is 11.2 Å². The van der Waals surface area contributed by atoms with Crippen LogP contribution in [0.2, 0.25) is 0 Å². The van der Waals surface area contributed by atoms with Crippen molar-refractivity contribution in [3.8, 4) is 5.75 Å². The molecular formula is C19H24N4O4. The van der Waals surface area contributed by atoms with Crippen LogP contribution in [0, 0.1) is 0 Å². The van der Waals surface area contributed by atoms with E-state index in [1.807, 2.05) is 24.3 Å². The van der Waals surface area contributed by atoms with Crippen molar-refractivity contribution in [1.82, 2.24) is 10.2 Å². The average Bonchev–Trinajstić information content (AvgIpc) is 2.63. The summed E-state index contributed by atoms with van der Waals surface area (Å²) in [7, 11) is 5.01. The Labute approximate surface area is 157 Å². The Balaban J connectivity index is 1.80. The number of hydrogen-bond acceptors (Lipinski definition) is 7. The number of methoxy groups -OCH3 is 1. The van der Waals surface area contributed by atoms with Crippen LogP contribution in [0.1, 0.15) is 17.4 Å². The van der Waals surface area contributed by atoms with E-state index in [0.717, 1.165) is 16.9 Å².